The third kappa shape index (κ3) is 1.37. The average Bonchev–Trinajstić information content (AvgIpc) is 2.54. The van der Waals surface area contributed by atoms with E-state index >= 15 is 0 Å². The number of hydrogen-bond acceptors (Lipinski definition) is 1. The molecule has 3 rings (SSSR count). The van der Waals surface area contributed by atoms with Gasteiger partial charge in [-0.25, -0.2) is 0 Å². The van der Waals surface area contributed by atoms with Gasteiger partial charge in [-0.05, 0) is 49.9 Å². The van der Waals surface area contributed by atoms with Crippen LogP contribution in [-0.2, 0) is 13.0 Å². The second-order valence-corrected chi connectivity index (χ2v) is 5.07. The SMILES string of the molecule is Cc1cc(C)c2c3c([nH]c2c1)CNC(C)C3. The predicted molar refractivity (Wildman–Crippen MR) is 67.8 cm³/mol. The van der Waals surface area contributed by atoms with Crippen molar-refractivity contribution in [3.63, 3.8) is 0 Å². The molecular formula is C14H18N2. The molecule has 16 heavy (non-hydrogen) atoms. The first-order chi connectivity index (χ1) is 7.65. The molecule has 0 spiro atoms. The summed E-state index contributed by atoms with van der Waals surface area (Å²) < 4.78 is 0. The molecule has 1 aromatic carbocycles. The van der Waals surface area contributed by atoms with Crippen LogP contribution in [0.3, 0.4) is 0 Å². The largest absolute Gasteiger partial charge is 0.357 e. The van der Waals surface area contributed by atoms with Crippen LogP contribution in [0.2, 0.25) is 0 Å². The molecule has 0 aliphatic carbocycles. The zero-order valence-corrected chi connectivity index (χ0v) is 10.1. The molecule has 0 amide bonds. The van der Waals surface area contributed by atoms with Gasteiger partial charge in [0, 0.05) is 29.2 Å². The van der Waals surface area contributed by atoms with Crippen molar-refractivity contribution < 1.29 is 0 Å². The molecule has 1 aliphatic heterocycles. The van der Waals surface area contributed by atoms with Crippen molar-refractivity contribution in [2.45, 2.75) is 39.8 Å². The van der Waals surface area contributed by atoms with Crippen LogP contribution in [0.25, 0.3) is 10.9 Å². The van der Waals surface area contributed by atoms with E-state index in [1.54, 1.807) is 0 Å². The minimum Gasteiger partial charge on any atom is -0.357 e. The number of fused-ring (bicyclic) bond motifs is 3. The molecule has 0 fully saturated rings. The third-order valence-electron chi connectivity index (χ3n) is 3.57. The third-order valence-corrected chi connectivity index (χ3v) is 3.57. The van der Waals surface area contributed by atoms with Gasteiger partial charge >= 0.3 is 0 Å². The standard InChI is InChI=1S/C14H18N2/c1-8-4-9(2)14-11-6-10(3)15-7-13(11)16-12(14)5-8/h4-5,10,15-16H,6-7H2,1-3H3. The second-order valence-electron chi connectivity index (χ2n) is 5.07. The molecular weight excluding hydrogens is 196 g/mol. The fraction of sp³-hybridized carbons (Fsp3) is 0.429. The minimum absolute atomic E-state index is 0.590. The summed E-state index contributed by atoms with van der Waals surface area (Å²) in [6.07, 6.45) is 1.14. The van der Waals surface area contributed by atoms with Crippen LogP contribution in [-0.4, -0.2) is 11.0 Å². The van der Waals surface area contributed by atoms with Gasteiger partial charge < -0.3 is 10.3 Å². The Kier molecular flexibility index (Phi) is 2.08. The maximum Gasteiger partial charge on any atom is 0.0464 e. The summed E-state index contributed by atoms with van der Waals surface area (Å²) in [5, 5.41) is 4.95. The Bertz CT molecular complexity index is 551. The number of aryl methyl sites for hydroxylation is 2. The van der Waals surface area contributed by atoms with Crippen LogP contribution in [0.15, 0.2) is 12.1 Å². The van der Waals surface area contributed by atoms with E-state index in [1.807, 2.05) is 0 Å². The number of H-pyrrole nitrogens is 1. The molecule has 1 unspecified atom stereocenters. The molecule has 0 radical (unpaired) electrons. The van der Waals surface area contributed by atoms with E-state index < -0.39 is 0 Å². The second kappa shape index (κ2) is 3.36. The first-order valence-corrected chi connectivity index (χ1v) is 5.99. The number of benzene rings is 1. The Morgan fingerprint density at radius 1 is 1.25 bits per heavy atom. The smallest absolute Gasteiger partial charge is 0.0464 e. The maximum absolute atomic E-state index is 3.56. The van der Waals surface area contributed by atoms with E-state index in [0.717, 1.165) is 13.0 Å². The van der Waals surface area contributed by atoms with E-state index in [-0.39, 0.29) is 0 Å². The Labute approximate surface area is 96.1 Å². The summed E-state index contributed by atoms with van der Waals surface area (Å²) in [6, 6.07) is 5.13. The van der Waals surface area contributed by atoms with Crippen molar-refractivity contribution >= 4 is 10.9 Å². The van der Waals surface area contributed by atoms with Crippen LogP contribution in [0.5, 0.6) is 0 Å². The molecule has 1 aliphatic rings. The summed E-state index contributed by atoms with van der Waals surface area (Å²) in [5.74, 6) is 0. The minimum atomic E-state index is 0.590. The van der Waals surface area contributed by atoms with Crippen molar-refractivity contribution in [2.24, 2.45) is 0 Å². The lowest BCUT2D eigenvalue weighted by Gasteiger charge is -2.20. The highest BCUT2D eigenvalue weighted by Crippen LogP contribution is 2.29. The lowest BCUT2D eigenvalue weighted by molar-refractivity contribution is 0.510. The molecule has 0 saturated heterocycles. The normalized spacial score (nSPS) is 20.1. The molecule has 84 valence electrons. The summed E-state index contributed by atoms with van der Waals surface area (Å²) in [7, 11) is 0. The van der Waals surface area contributed by atoms with Crippen molar-refractivity contribution in [3.05, 3.63) is 34.5 Å². The molecule has 2 heterocycles. The number of nitrogens with one attached hydrogen (secondary N) is 2. The Morgan fingerprint density at radius 2 is 2.06 bits per heavy atom. The first kappa shape index (κ1) is 9.91. The van der Waals surface area contributed by atoms with Crippen LogP contribution < -0.4 is 5.32 Å². The van der Waals surface area contributed by atoms with Gasteiger partial charge in [-0.15, -0.1) is 0 Å². The molecule has 2 nitrogen and oxygen atoms in total. The lowest BCUT2D eigenvalue weighted by Crippen LogP contribution is -2.32. The highest BCUT2D eigenvalue weighted by atomic mass is 14.9. The molecule has 1 aromatic heterocycles. The lowest BCUT2D eigenvalue weighted by atomic mass is 9.96. The number of aromatic nitrogens is 1. The number of aromatic amines is 1. The van der Waals surface area contributed by atoms with E-state index in [9.17, 15) is 0 Å². The zero-order chi connectivity index (χ0) is 11.3. The molecule has 1 atom stereocenters. The van der Waals surface area contributed by atoms with Gasteiger partial charge in [0.15, 0.2) is 0 Å². The maximum atomic E-state index is 3.56. The Morgan fingerprint density at radius 3 is 2.88 bits per heavy atom. The highest BCUT2D eigenvalue weighted by molar-refractivity contribution is 5.88. The molecule has 0 saturated carbocycles. The Hall–Kier alpha value is -1.28. The fourth-order valence-corrected chi connectivity index (χ4v) is 2.89. The molecule has 2 heteroatoms. The summed E-state index contributed by atoms with van der Waals surface area (Å²) in [4.78, 5) is 3.56. The van der Waals surface area contributed by atoms with E-state index in [1.165, 1.54) is 33.3 Å². The van der Waals surface area contributed by atoms with Crippen LogP contribution >= 0.6 is 0 Å². The van der Waals surface area contributed by atoms with Gasteiger partial charge in [0.25, 0.3) is 0 Å². The fourth-order valence-electron chi connectivity index (χ4n) is 2.89. The summed E-state index contributed by atoms with van der Waals surface area (Å²) in [6.45, 7) is 7.61. The molecule has 2 aromatic rings. The Balaban J connectivity index is 2.30. The van der Waals surface area contributed by atoms with Gasteiger partial charge in [-0.2, -0.15) is 0 Å². The van der Waals surface area contributed by atoms with Crippen molar-refractivity contribution in [2.75, 3.05) is 0 Å². The van der Waals surface area contributed by atoms with Gasteiger partial charge in [0.2, 0.25) is 0 Å². The van der Waals surface area contributed by atoms with Crippen molar-refractivity contribution in [1.29, 1.82) is 0 Å². The van der Waals surface area contributed by atoms with Gasteiger partial charge in [0.05, 0.1) is 0 Å². The highest BCUT2D eigenvalue weighted by Gasteiger charge is 2.20. The van der Waals surface area contributed by atoms with E-state index in [4.69, 9.17) is 0 Å². The topological polar surface area (TPSA) is 27.8 Å². The molecule has 0 bridgehead atoms. The van der Waals surface area contributed by atoms with Crippen LogP contribution in [0, 0.1) is 13.8 Å². The van der Waals surface area contributed by atoms with E-state index in [0.29, 0.717) is 6.04 Å². The summed E-state index contributed by atoms with van der Waals surface area (Å²) >= 11 is 0. The van der Waals surface area contributed by atoms with Crippen molar-refractivity contribution in [1.82, 2.24) is 10.3 Å². The quantitative estimate of drug-likeness (QED) is 0.693. The predicted octanol–water partition coefficient (Wildman–Crippen LogP) is 2.82. The number of hydrogen-bond donors (Lipinski definition) is 2. The van der Waals surface area contributed by atoms with Gasteiger partial charge in [-0.3, -0.25) is 0 Å². The summed E-state index contributed by atoms with van der Waals surface area (Å²) in [5.41, 5.74) is 6.95. The average molecular weight is 214 g/mol. The van der Waals surface area contributed by atoms with Crippen molar-refractivity contribution in [3.8, 4) is 0 Å². The first-order valence-electron chi connectivity index (χ1n) is 5.99. The van der Waals surface area contributed by atoms with E-state index in [2.05, 4.69) is 43.2 Å². The van der Waals surface area contributed by atoms with Gasteiger partial charge in [-0.1, -0.05) is 6.07 Å². The van der Waals surface area contributed by atoms with Crippen LogP contribution in [0.4, 0.5) is 0 Å². The zero-order valence-electron chi connectivity index (χ0n) is 10.1. The number of rotatable bonds is 0. The van der Waals surface area contributed by atoms with Crippen LogP contribution in [0.1, 0.15) is 29.3 Å². The van der Waals surface area contributed by atoms with Gasteiger partial charge in [0.1, 0.15) is 0 Å². The molecule has 2 N–H and O–H groups in total. The monoisotopic (exact) mass is 214 g/mol.